The van der Waals surface area contributed by atoms with E-state index in [-0.39, 0.29) is 11.3 Å². The third-order valence-electron chi connectivity index (χ3n) is 4.15. The number of amides is 1. The number of anilines is 1. The summed E-state index contributed by atoms with van der Waals surface area (Å²) in [6.07, 6.45) is 1.70. The largest absolute Gasteiger partial charge is 0.307 e. The number of benzene rings is 2. The average molecular weight is 333 g/mol. The third kappa shape index (κ3) is 4.15. The first-order valence-electron chi connectivity index (χ1n) is 8.41. The van der Waals surface area contributed by atoms with Gasteiger partial charge in [0.05, 0.1) is 12.7 Å². The molecule has 0 saturated heterocycles. The highest BCUT2D eigenvalue weighted by Crippen LogP contribution is 2.22. The van der Waals surface area contributed by atoms with Crippen LogP contribution >= 0.6 is 0 Å². The Hall–Kier alpha value is -2.88. The molecule has 4 nitrogen and oxygen atoms in total. The zero-order valence-electron chi connectivity index (χ0n) is 14.9. The molecule has 2 aromatic carbocycles. The monoisotopic (exact) mass is 333 g/mol. The minimum Gasteiger partial charge on any atom is -0.307 e. The summed E-state index contributed by atoms with van der Waals surface area (Å²) in [4.78, 5) is 12.3. The Bertz CT molecular complexity index is 843. The summed E-state index contributed by atoms with van der Waals surface area (Å²) in [7, 11) is 0. The van der Waals surface area contributed by atoms with Gasteiger partial charge in [0, 0.05) is 11.6 Å². The maximum atomic E-state index is 12.3. The number of carbonyl (C=O) groups is 1. The topological polar surface area (TPSA) is 46.9 Å². The van der Waals surface area contributed by atoms with Gasteiger partial charge >= 0.3 is 0 Å². The van der Waals surface area contributed by atoms with Crippen LogP contribution in [0.15, 0.2) is 66.9 Å². The Labute approximate surface area is 148 Å². The van der Waals surface area contributed by atoms with Crippen LogP contribution in [0.4, 0.5) is 5.82 Å². The van der Waals surface area contributed by atoms with E-state index in [0.717, 1.165) is 5.56 Å². The fraction of sp³-hybridized carbons (Fsp3) is 0.238. The van der Waals surface area contributed by atoms with Crippen molar-refractivity contribution in [2.45, 2.75) is 32.7 Å². The second-order valence-electron chi connectivity index (χ2n) is 7.14. The first-order valence-corrected chi connectivity index (χ1v) is 8.41. The average Bonchev–Trinajstić information content (AvgIpc) is 3.02. The van der Waals surface area contributed by atoms with Gasteiger partial charge in [0.25, 0.3) is 5.91 Å². The van der Waals surface area contributed by atoms with Crippen LogP contribution in [0.25, 0.3) is 0 Å². The molecular formula is C21H23N3O. The van der Waals surface area contributed by atoms with Crippen molar-refractivity contribution in [1.82, 2.24) is 9.78 Å². The molecule has 0 aliphatic heterocycles. The minimum atomic E-state index is -0.134. The molecule has 0 atom stereocenters. The molecule has 0 saturated carbocycles. The number of hydrogen-bond donors (Lipinski definition) is 1. The Morgan fingerprint density at radius 1 is 1.00 bits per heavy atom. The highest BCUT2D eigenvalue weighted by molar-refractivity contribution is 6.03. The van der Waals surface area contributed by atoms with Crippen LogP contribution in [-0.2, 0) is 12.0 Å². The van der Waals surface area contributed by atoms with E-state index >= 15 is 0 Å². The quantitative estimate of drug-likeness (QED) is 0.765. The molecule has 3 aromatic rings. The number of aromatic nitrogens is 2. The predicted molar refractivity (Wildman–Crippen MR) is 101 cm³/mol. The van der Waals surface area contributed by atoms with Crippen molar-refractivity contribution in [2.75, 3.05) is 5.32 Å². The molecule has 0 aliphatic rings. The van der Waals surface area contributed by atoms with Crippen molar-refractivity contribution in [2.24, 2.45) is 0 Å². The van der Waals surface area contributed by atoms with Crippen LogP contribution in [0.1, 0.15) is 42.3 Å². The highest BCUT2D eigenvalue weighted by atomic mass is 16.1. The zero-order chi connectivity index (χ0) is 17.9. The summed E-state index contributed by atoms with van der Waals surface area (Å²) in [6, 6.07) is 19.5. The Kier molecular flexibility index (Phi) is 4.70. The molecule has 0 radical (unpaired) electrons. The molecule has 0 aliphatic carbocycles. The number of nitrogens with zero attached hydrogens (tertiary/aromatic N) is 2. The zero-order valence-corrected chi connectivity index (χ0v) is 14.9. The van der Waals surface area contributed by atoms with E-state index in [1.165, 1.54) is 5.56 Å². The van der Waals surface area contributed by atoms with Gasteiger partial charge in [-0.05, 0) is 28.7 Å². The molecule has 3 rings (SSSR count). The van der Waals surface area contributed by atoms with E-state index in [0.29, 0.717) is 17.9 Å². The smallest absolute Gasteiger partial charge is 0.256 e. The molecule has 1 heterocycles. The molecular weight excluding hydrogens is 310 g/mol. The Morgan fingerprint density at radius 3 is 2.32 bits per heavy atom. The molecule has 1 aromatic heterocycles. The third-order valence-corrected chi connectivity index (χ3v) is 4.15. The van der Waals surface area contributed by atoms with Crippen LogP contribution in [-0.4, -0.2) is 15.7 Å². The van der Waals surface area contributed by atoms with Gasteiger partial charge in [-0.3, -0.25) is 4.79 Å². The van der Waals surface area contributed by atoms with E-state index in [4.69, 9.17) is 0 Å². The van der Waals surface area contributed by atoms with Gasteiger partial charge < -0.3 is 5.32 Å². The first-order chi connectivity index (χ1) is 11.9. The lowest BCUT2D eigenvalue weighted by Crippen LogP contribution is -2.16. The summed E-state index contributed by atoms with van der Waals surface area (Å²) in [5, 5.41) is 7.26. The molecule has 0 spiro atoms. The molecule has 4 heteroatoms. The van der Waals surface area contributed by atoms with Crippen LogP contribution in [0, 0.1) is 0 Å². The first kappa shape index (κ1) is 17.0. The molecule has 0 fully saturated rings. The van der Waals surface area contributed by atoms with E-state index in [9.17, 15) is 4.79 Å². The van der Waals surface area contributed by atoms with Crippen LogP contribution in [0.5, 0.6) is 0 Å². The normalized spacial score (nSPS) is 11.3. The van der Waals surface area contributed by atoms with Crippen LogP contribution < -0.4 is 5.32 Å². The molecule has 1 N–H and O–H groups in total. The van der Waals surface area contributed by atoms with Crippen molar-refractivity contribution in [3.8, 4) is 0 Å². The van der Waals surface area contributed by atoms with Crippen molar-refractivity contribution in [3.63, 3.8) is 0 Å². The molecule has 1 amide bonds. The standard InChI is InChI=1S/C21H23N3O/c1-21(2,3)18-11-9-16(10-12-18)15-24-19(13-14-22-24)23-20(25)17-7-5-4-6-8-17/h4-14H,15H2,1-3H3,(H,23,25). The Morgan fingerprint density at radius 2 is 1.68 bits per heavy atom. The second kappa shape index (κ2) is 6.93. The number of rotatable bonds is 4. The van der Waals surface area contributed by atoms with Gasteiger partial charge in [0.2, 0.25) is 0 Å². The van der Waals surface area contributed by atoms with E-state index < -0.39 is 0 Å². The van der Waals surface area contributed by atoms with E-state index in [1.807, 2.05) is 24.3 Å². The maximum absolute atomic E-state index is 12.3. The summed E-state index contributed by atoms with van der Waals surface area (Å²) in [5.41, 5.74) is 3.21. The minimum absolute atomic E-state index is 0.134. The summed E-state index contributed by atoms with van der Waals surface area (Å²) in [5.74, 6) is 0.555. The van der Waals surface area contributed by atoms with E-state index in [1.54, 1.807) is 23.0 Å². The van der Waals surface area contributed by atoms with Crippen molar-refractivity contribution in [3.05, 3.63) is 83.6 Å². The van der Waals surface area contributed by atoms with E-state index in [2.05, 4.69) is 55.5 Å². The fourth-order valence-electron chi connectivity index (χ4n) is 2.63. The maximum Gasteiger partial charge on any atom is 0.256 e. The fourth-order valence-corrected chi connectivity index (χ4v) is 2.63. The summed E-state index contributed by atoms with van der Waals surface area (Å²) in [6.45, 7) is 7.22. The van der Waals surface area contributed by atoms with Gasteiger partial charge in [-0.15, -0.1) is 0 Å². The lowest BCUT2D eigenvalue weighted by atomic mass is 9.87. The van der Waals surface area contributed by atoms with Gasteiger partial charge in [-0.25, -0.2) is 4.68 Å². The lowest BCUT2D eigenvalue weighted by molar-refractivity contribution is 0.102. The second-order valence-corrected chi connectivity index (χ2v) is 7.14. The van der Waals surface area contributed by atoms with Crippen molar-refractivity contribution in [1.29, 1.82) is 0 Å². The molecule has 25 heavy (non-hydrogen) atoms. The van der Waals surface area contributed by atoms with Gasteiger partial charge in [0.15, 0.2) is 0 Å². The molecule has 0 unspecified atom stereocenters. The lowest BCUT2D eigenvalue weighted by Gasteiger charge is -2.19. The summed E-state index contributed by atoms with van der Waals surface area (Å²) >= 11 is 0. The van der Waals surface area contributed by atoms with Gasteiger partial charge in [-0.1, -0.05) is 63.2 Å². The Balaban J connectivity index is 1.73. The van der Waals surface area contributed by atoms with Crippen LogP contribution in [0.3, 0.4) is 0 Å². The SMILES string of the molecule is CC(C)(C)c1ccc(Cn2nccc2NC(=O)c2ccccc2)cc1. The predicted octanol–water partition coefficient (Wildman–Crippen LogP) is 4.48. The van der Waals surface area contributed by atoms with Crippen molar-refractivity contribution >= 4 is 11.7 Å². The molecule has 0 bridgehead atoms. The van der Waals surface area contributed by atoms with Gasteiger partial charge in [-0.2, -0.15) is 5.10 Å². The van der Waals surface area contributed by atoms with Crippen molar-refractivity contribution < 1.29 is 4.79 Å². The number of carbonyl (C=O) groups excluding carboxylic acids is 1. The van der Waals surface area contributed by atoms with Crippen LogP contribution in [0.2, 0.25) is 0 Å². The molecule has 128 valence electrons. The number of nitrogens with one attached hydrogen (secondary N) is 1. The number of hydrogen-bond acceptors (Lipinski definition) is 2. The van der Waals surface area contributed by atoms with Gasteiger partial charge in [0.1, 0.15) is 5.82 Å². The highest BCUT2D eigenvalue weighted by Gasteiger charge is 2.13. The summed E-state index contributed by atoms with van der Waals surface area (Å²) < 4.78 is 1.80.